The van der Waals surface area contributed by atoms with Gasteiger partial charge in [-0.3, -0.25) is 0 Å². The summed E-state index contributed by atoms with van der Waals surface area (Å²) in [7, 11) is 0. The Bertz CT molecular complexity index is 118. The second-order valence-electron chi connectivity index (χ2n) is 1.08. The highest BCUT2D eigenvalue weighted by atomic mass is 16.6. The number of nitrogens with two attached hydrogens (primary N) is 1. The van der Waals surface area contributed by atoms with Crippen LogP contribution in [0.15, 0.2) is 11.8 Å². The van der Waals surface area contributed by atoms with Crippen LogP contribution in [0, 0.1) is 0 Å². The van der Waals surface area contributed by atoms with Crippen LogP contribution in [0.4, 0.5) is 0 Å². The highest BCUT2D eigenvalue weighted by Crippen LogP contribution is 1.89. The van der Waals surface area contributed by atoms with Gasteiger partial charge in [0.05, 0.1) is 0 Å². The molecule has 0 aromatic carbocycles. The second-order valence-corrected chi connectivity index (χ2v) is 1.08. The van der Waals surface area contributed by atoms with Crippen LogP contribution in [-0.2, 0) is 9.63 Å². The lowest BCUT2D eigenvalue weighted by atomic mass is 10.5. The predicted molar refractivity (Wildman–Crippen MR) is 26.7 cm³/mol. The quantitative estimate of drug-likeness (QED) is 0.300. The molecule has 4 heteroatoms. The lowest BCUT2D eigenvalue weighted by Crippen LogP contribution is -2.08. The molecule has 0 fully saturated rings. The van der Waals surface area contributed by atoms with Crippen molar-refractivity contribution in [1.82, 2.24) is 0 Å². The molecule has 0 saturated carbocycles. The molecule has 0 aliphatic rings. The summed E-state index contributed by atoms with van der Waals surface area (Å²) in [5.74, 6) is 3.13. The van der Waals surface area contributed by atoms with Crippen LogP contribution in [0.3, 0.4) is 0 Å². The van der Waals surface area contributed by atoms with Crippen molar-refractivity contribution in [2.75, 3.05) is 0 Å². The van der Waals surface area contributed by atoms with Crippen LogP contribution in [0.2, 0.25) is 0 Å². The highest BCUT2D eigenvalue weighted by molar-refractivity contribution is 5.83. The zero-order chi connectivity index (χ0) is 6.57. The van der Waals surface area contributed by atoms with E-state index in [1.807, 2.05) is 0 Å². The van der Waals surface area contributed by atoms with Gasteiger partial charge in [-0.25, -0.2) is 4.79 Å². The molecule has 0 spiro atoms. The Morgan fingerprint density at radius 2 is 2.38 bits per heavy atom. The smallest absolute Gasteiger partial charge is 0.373 e. The summed E-state index contributed by atoms with van der Waals surface area (Å²) in [6, 6.07) is 0. The maximum absolute atomic E-state index is 9.89. The van der Waals surface area contributed by atoms with Crippen molar-refractivity contribution in [3.05, 3.63) is 11.8 Å². The van der Waals surface area contributed by atoms with E-state index in [1.54, 1.807) is 0 Å². The number of aliphatic carboxylic acids is 1. The minimum absolute atomic E-state index is 0.245. The van der Waals surface area contributed by atoms with Gasteiger partial charge >= 0.3 is 5.97 Å². The Labute approximate surface area is 46.5 Å². The van der Waals surface area contributed by atoms with E-state index >= 15 is 0 Å². The molecule has 0 aromatic heterocycles. The maximum Gasteiger partial charge on any atom is 0.373 e. The topological polar surface area (TPSA) is 72.5 Å². The summed E-state index contributed by atoms with van der Waals surface area (Å²) in [5, 5.41) is 8.10. The van der Waals surface area contributed by atoms with E-state index in [4.69, 9.17) is 5.11 Å². The van der Waals surface area contributed by atoms with Gasteiger partial charge in [-0.1, -0.05) is 0 Å². The van der Waals surface area contributed by atoms with Crippen molar-refractivity contribution in [3.63, 3.8) is 0 Å². The van der Waals surface area contributed by atoms with Crippen molar-refractivity contribution in [2.24, 2.45) is 5.90 Å². The summed E-state index contributed by atoms with van der Waals surface area (Å²) >= 11 is 0. The number of carboxylic acids is 1. The molecule has 0 aliphatic heterocycles. The maximum atomic E-state index is 9.89. The molecule has 8 heavy (non-hydrogen) atoms. The number of carbonyl (C=O) groups is 1. The lowest BCUT2D eigenvalue weighted by molar-refractivity contribution is -0.136. The largest absolute Gasteiger partial charge is 0.475 e. The molecular weight excluding hydrogens is 110 g/mol. The summed E-state index contributed by atoms with van der Waals surface area (Å²) < 4.78 is 0. The molecule has 0 heterocycles. The molecule has 0 aliphatic carbocycles. The third-order valence-corrected chi connectivity index (χ3v) is 0.600. The summed E-state index contributed by atoms with van der Waals surface area (Å²) in [6.07, 6.45) is 1.27. The molecule has 0 bridgehead atoms. The van der Waals surface area contributed by atoms with Crippen LogP contribution in [-0.4, -0.2) is 11.1 Å². The molecule has 0 aromatic rings. The van der Waals surface area contributed by atoms with Crippen molar-refractivity contribution in [2.45, 2.75) is 6.92 Å². The van der Waals surface area contributed by atoms with Crippen LogP contribution in [0.5, 0.6) is 0 Å². The van der Waals surface area contributed by atoms with Gasteiger partial charge in [0, 0.05) is 0 Å². The first kappa shape index (κ1) is 6.97. The first-order valence-corrected chi connectivity index (χ1v) is 1.98. The molecule has 0 rings (SSSR count). The average molecular weight is 117 g/mol. The van der Waals surface area contributed by atoms with E-state index in [2.05, 4.69) is 10.7 Å². The van der Waals surface area contributed by atoms with Crippen molar-refractivity contribution < 1.29 is 14.7 Å². The minimum atomic E-state index is -1.16. The summed E-state index contributed by atoms with van der Waals surface area (Å²) in [6.45, 7) is 1.52. The van der Waals surface area contributed by atoms with Crippen molar-refractivity contribution in [1.29, 1.82) is 0 Å². The van der Waals surface area contributed by atoms with E-state index in [0.29, 0.717) is 0 Å². The second kappa shape index (κ2) is 3.04. The Kier molecular flexibility index (Phi) is 2.64. The van der Waals surface area contributed by atoms with Gasteiger partial charge in [-0.2, -0.15) is 5.90 Å². The Morgan fingerprint density at radius 1 is 1.88 bits per heavy atom. The normalized spacial score (nSPS) is 11.0. The Balaban J connectivity index is 3.92. The lowest BCUT2D eigenvalue weighted by Gasteiger charge is -1.93. The zero-order valence-electron chi connectivity index (χ0n) is 4.42. The summed E-state index contributed by atoms with van der Waals surface area (Å²) in [5.41, 5.74) is 0. The first-order chi connectivity index (χ1) is 3.72. The molecule has 4 nitrogen and oxygen atoms in total. The van der Waals surface area contributed by atoms with Gasteiger partial charge in [0.15, 0.2) is 0 Å². The first-order valence-electron chi connectivity index (χ1n) is 1.98. The predicted octanol–water partition coefficient (Wildman–Crippen LogP) is -0.135. The molecular formula is C4H7NO3. The molecule has 0 saturated heterocycles. The third-order valence-electron chi connectivity index (χ3n) is 0.600. The molecule has 46 valence electrons. The van der Waals surface area contributed by atoms with Gasteiger partial charge in [-0.15, -0.1) is 0 Å². The highest BCUT2D eigenvalue weighted by Gasteiger charge is 2.03. The molecule has 0 radical (unpaired) electrons. The number of carboxylic acid groups (broad SMARTS) is 1. The number of hydrogen-bond acceptors (Lipinski definition) is 3. The fraction of sp³-hybridized carbons (Fsp3) is 0.250. The van der Waals surface area contributed by atoms with Gasteiger partial charge < -0.3 is 9.94 Å². The zero-order valence-corrected chi connectivity index (χ0v) is 4.42. The SMILES string of the molecule is CC=C(ON)C(=O)O. The van der Waals surface area contributed by atoms with Crippen LogP contribution in [0.25, 0.3) is 0 Å². The number of rotatable bonds is 2. The molecule has 0 amide bonds. The van der Waals surface area contributed by atoms with Crippen LogP contribution in [0.1, 0.15) is 6.92 Å². The fourth-order valence-corrected chi connectivity index (χ4v) is 0.242. The van der Waals surface area contributed by atoms with E-state index in [1.165, 1.54) is 13.0 Å². The average Bonchev–Trinajstić information content (AvgIpc) is 1.69. The Morgan fingerprint density at radius 3 is 2.38 bits per heavy atom. The van der Waals surface area contributed by atoms with Crippen LogP contribution >= 0.6 is 0 Å². The number of hydrogen-bond donors (Lipinski definition) is 2. The van der Waals surface area contributed by atoms with Gasteiger partial charge in [-0.05, 0) is 13.0 Å². The van der Waals surface area contributed by atoms with Gasteiger partial charge in [0.25, 0.3) is 0 Å². The number of allylic oxidation sites excluding steroid dienone is 1. The van der Waals surface area contributed by atoms with E-state index in [0.717, 1.165) is 0 Å². The monoisotopic (exact) mass is 117 g/mol. The third kappa shape index (κ3) is 1.61. The standard InChI is InChI=1S/C4H7NO3/c1-2-3(8-5)4(6)7/h2H,5H2,1H3,(H,6,7). The molecule has 3 N–H and O–H groups in total. The van der Waals surface area contributed by atoms with E-state index in [9.17, 15) is 4.79 Å². The van der Waals surface area contributed by atoms with Crippen molar-refractivity contribution >= 4 is 5.97 Å². The van der Waals surface area contributed by atoms with Gasteiger partial charge in [0.2, 0.25) is 5.76 Å². The Hall–Kier alpha value is -1.03. The molecule has 0 atom stereocenters. The van der Waals surface area contributed by atoms with E-state index < -0.39 is 5.97 Å². The van der Waals surface area contributed by atoms with Crippen molar-refractivity contribution in [3.8, 4) is 0 Å². The van der Waals surface area contributed by atoms with E-state index in [-0.39, 0.29) is 5.76 Å². The summed E-state index contributed by atoms with van der Waals surface area (Å²) in [4.78, 5) is 13.8. The minimum Gasteiger partial charge on any atom is -0.475 e. The molecule has 0 unspecified atom stereocenters. The van der Waals surface area contributed by atoms with Gasteiger partial charge in [0.1, 0.15) is 0 Å². The fourth-order valence-electron chi connectivity index (χ4n) is 0.242. The van der Waals surface area contributed by atoms with Crippen LogP contribution < -0.4 is 5.90 Å².